The second-order valence-electron chi connectivity index (χ2n) is 3.95. The molecule has 2 fully saturated rings. The molecule has 2 saturated carbocycles. The highest BCUT2D eigenvalue weighted by Gasteiger charge is 2.43. The minimum Gasteiger partial charge on any atom is -0.312 e. The van der Waals surface area contributed by atoms with Crippen molar-refractivity contribution >= 4 is 5.84 Å². The van der Waals surface area contributed by atoms with Gasteiger partial charge in [-0.2, -0.15) is 0 Å². The molecule has 0 atom stereocenters. The highest BCUT2D eigenvalue weighted by atomic mass is 15.3. The third kappa shape index (κ3) is 1.46. The molecule has 0 radical (unpaired) electrons. The summed E-state index contributed by atoms with van der Waals surface area (Å²) in [4.78, 5) is 4.21. The molecule has 0 spiro atoms. The lowest BCUT2D eigenvalue weighted by Gasteiger charge is -2.16. The van der Waals surface area contributed by atoms with E-state index in [1.807, 2.05) is 7.05 Å². The van der Waals surface area contributed by atoms with Crippen molar-refractivity contribution in [3.63, 3.8) is 0 Å². The van der Waals surface area contributed by atoms with Gasteiger partial charge in [0, 0.05) is 13.0 Å². The number of nitrogens with one attached hydrogen (secondary N) is 1. The fourth-order valence-electron chi connectivity index (χ4n) is 2.05. The van der Waals surface area contributed by atoms with Crippen LogP contribution in [0.15, 0.2) is 4.99 Å². The van der Waals surface area contributed by atoms with Gasteiger partial charge in [-0.15, -0.1) is 0 Å². The number of amidine groups is 1. The molecule has 3 heteroatoms. The van der Waals surface area contributed by atoms with E-state index in [2.05, 4.69) is 10.4 Å². The van der Waals surface area contributed by atoms with Gasteiger partial charge in [-0.1, -0.05) is 0 Å². The molecule has 3 N–H and O–H groups in total. The molecule has 0 aromatic rings. The zero-order valence-electron chi connectivity index (χ0n) is 7.59. The summed E-state index contributed by atoms with van der Waals surface area (Å²) in [5, 5.41) is 0. The van der Waals surface area contributed by atoms with Gasteiger partial charge < -0.3 is 5.43 Å². The first kappa shape index (κ1) is 8.05. The van der Waals surface area contributed by atoms with E-state index in [1.165, 1.54) is 25.7 Å². The van der Waals surface area contributed by atoms with E-state index in [9.17, 15) is 0 Å². The van der Waals surface area contributed by atoms with Crippen molar-refractivity contribution < 1.29 is 0 Å². The van der Waals surface area contributed by atoms with Gasteiger partial charge in [-0.25, -0.2) is 5.84 Å². The number of nitrogens with zero attached hydrogens (tertiary/aromatic N) is 1. The first-order valence-corrected chi connectivity index (χ1v) is 4.80. The SMILES string of the molecule is CN=C(NN)C(C1CC1)C1CC1. The van der Waals surface area contributed by atoms with Crippen molar-refractivity contribution in [2.75, 3.05) is 7.05 Å². The van der Waals surface area contributed by atoms with Gasteiger partial charge in [0.2, 0.25) is 0 Å². The number of rotatable bonds is 3. The fraction of sp³-hybridized carbons (Fsp3) is 0.889. The van der Waals surface area contributed by atoms with E-state index in [1.54, 1.807) is 0 Å². The van der Waals surface area contributed by atoms with Crippen LogP contribution in [0.1, 0.15) is 25.7 Å². The Morgan fingerprint density at radius 2 is 1.83 bits per heavy atom. The zero-order chi connectivity index (χ0) is 8.55. The van der Waals surface area contributed by atoms with Gasteiger partial charge in [-0.05, 0) is 37.5 Å². The van der Waals surface area contributed by atoms with E-state index in [4.69, 9.17) is 5.84 Å². The number of hydrogen-bond acceptors (Lipinski definition) is 2. The first-order chi connectivity index (χ1) is 5.86. The first-order valence-electron chi connectivity index (χ1n) is 4.80. The summed E-state index contributed by atoms with van der Waals surface area (Å²) < 4.78 is 0. The summed E-state index contributed by atoms with van der Waals surface area (Å²) in [5.74, 6) is 8.88. The normalized spacial score (nSPS) is 24.8. The molecule has 2 aliphatic rings. The predicted octanol–water partition coefficient (Wildman–Crippen LogP) is 0.914. The van der Waals surface area contributed by atoms with Gasteiger partial charge in [0.15, 0.2) is 0 Å². The Labute approximate surface area is 73.4 Å². The Balaban J connectivity index is 2.03. The number of nitrogens with two attached hydrogens (primary N) is 1. The van der Waals surface area contributed by atoms with Gasteiger partial charge >= 0.3 is 0 Å². The average molecular weight is 167 g/mol. The monoisotopic (exact) mass is 167 g/mol. The molecule has 0 aromatic carbocycles. The highest BCUT2D eigenvalue weighted by Crippen LogP contribution is 2.49. The van der Waals surface area contributed by atoms with Crippen molar-refractivity contribution in [2.45, 2.75) is 25.7 Å². The Morgan fingerprint density at radius 1 is 1.33 bits per heavy atom. The zero-order valence-corrected chi connectivity index (χ0v) is 7.59. The number of aliphatic imine (C=N–C) groups is 1. The lowest BCUT2D eigenvalue weighted by atomic mass is 9.97. The average Bonchev–Trinajstić information content (AvgIpc) is 2.92. The predicted molar refractivity (Wildman–Crippen MR) is 49.6 cm³/mol. The van der Waals surface area contributed by atoms with Gasteiger partial charge in [0.05, 0.1) is 0 Å². The molecule has 0 aliphatic heterocycles. The summed E-state index contributed by atoms with van der Waals surface area (Å²) >= 11 is 0. The Bertz CT molecular complexity index is 180. The van der Waals surface area contributed by atoms with Crippen LogP contribution in [0.4, 0.5) is 0 Å². The minimum atomic E-state index is 0.653. The maximum atomic E-state index is 5.43. The van der Waals surface area contributed by atoms with Crippen LogP contribution < -0.4 is 11.3 Å². The van der Waals surface area contributed by atoms with E-state index < -0.39 is 0 Å². The standard InChI is InChI=1S/C9H17N3/c1-11-9(12-10)8(6-2-3-6)7-4-5-7/h6-8H,2-5,10H2,1H3,(H,11,12). The fourth-order valence-corrected chi connectivity index (χ4v) is 2.05. The van der Waals surface area contributed by atoms with Crippen LogP contribution in [0.25, 0.3) is 0 Å². The molecule has 68 valence electrons. The Morgan fingerprint density at radius 3 is 2.08 bits per heavy atom. The summed E-state index contributed by atoms with van der Waals surface area (Å²) in [5.41, 5.74) is 2.74. The lowest BCUT2D eigenvalue weighted by molar-refractivity contribution is 0.518. The van der Waals surface area contributed by atoms with Crippen molar-refractivity contribution in [2.24, 2.45) is 28.6 Å². The third-order valence-electron chi connectivity index (χ3n) is 2.96. The molecular formula is C9H17N3. The summed E-state index contributed by atoms with van der Waals surface area (Å²) in [6.07, 6.45) is 5.51. The molecule has 0 saturated heterocycles. The molecule has 0 amide bonds. The van der Waals surface area contributed by atoms with Crippen LogP contribution in [0.3, 0.4) is 0 Å². The Hall–Kier alpha value is -0.570. The maximum Gasteiger partial charge on any atom is 0.114 e. The minimum absolute atomic E-state index is 0.653. The van der Waals surface area contributed by atoms with Crippen molar-refractivity contribution in [3.05, 3.63) is 0 Å². The van der Waals surface area contributed by atoms with Gasteiger partial charge in [-0.3, -0.25) is 4.99 Å². The van der Waals surface area contributed by atoms with Crippen LogP contribution in [0.5, 0.6) is 0 Å². The van der Waals surface area contributed by atoms with Crippen molar-refractivity contribution in [1.29, 1.82) is 0 Å². The topological polar surface area (TPSA) is 50.4 Å². The molecule has 0 unspecified atom stereocenters. The Kier molecular flexibility index (Phi) is 2.05. The molecule has 2 rings (SSSR count). The van der Waals surface area contributed by atoms with Gasteiger partial charge in [0.25, 0.3) is 0 Å². The lowest BCUT2D eigenvalue weighted by Crippen LogP contribution is -2.38. The second kappa shape index (κ2) is 3.05. The number of hydrazine groups is 1. The molecule has 0 aromatic heterocycles. The molecular weight excluding hydrogens is 150 g/mol. The van der Waals surface area contributed by atoms with Crippen LogP contribution in [-0.4, -0.2) is 12.9 Å². The summed E-state index contributed by atoms with van der Waals surface area (Å²) in [6.45, 7) is 0. The van der Waals surface area contributed by atoms with E-state index in [-0.39, 0.29) is 0 Å². The quantitative estimate of drug-likeness (QED) is 0.284. The van der Waals surface area contributed by atoms with Crippen LogP contribution in [-0.2, 0) is 0 Å². The number of hydrogen-bond donors (Lipinski definition) is 2. The van der Waals surface area contributed by atoms with Crippen molar-refractivity contribution in [3.8, 4) is 0 Å². The summed E-state index contributed by atoms with van der Waals surface area (Å²) in [7, 11) is 1.83. The third-order valence-corrected chi connectivity index (χ3v) is 2.96. The van der Waals surface area contributed by atoms with E-state index in [0.717, 1.165) is 17.7 Å². The molecule has 0 bridgehead atoms. The van der Waals surface area contributed by atoms with E-state index in [0.29, 0.717) is 5.92 Å². The van der Waals surface area contributed by atoms with Crippen molar-refractivity contribution in [1.82, 2.24) is 5.43 Å². The van der Waals surface area contributed by atoms with Crippen LogP contribution in [0.2, 0.25) is 0 Å². The molecule has 0 heterocycles. The maximum absolute atomic E-state index is 5.43. The van der Waals surface area contributed by atoms with Crippen LogP contribution >= 0.6 is 0 Å². The highest BCUT2D eigenvalue weighted by molar-refractivity contribution is 5.85. The van der Waals surface area contributed by atoms with Gasteiger partial charge in [0.1, 0.15) is 5.84 Å². The molecule has 3 nitrogen and oxygen atoms in total. The van der Waals surface area contributed by atoms with Crippen LogP contribution in [0, 0.1) is 17.8 Å². The largest absolute Gasteiger partial charge is 0.312 e. The molecule has 2 aliphatic carbocycles. The summed E-state index contributed by atoms with van der Waals surface area (Å²) in [6, 6.07) is 0. The molecule has 12 heavy (non-hydrogen) atoms. The second-order valence-corrected chi connectivity index (χ2v) is 3.95. The smallest absolute Gasteiger partial charge is 0.114 e. The van der Waals surface area contributed by atoms with E-state index >= 15 is 0 Å².